The van der Waals surface area contributed by atoms with E-state index in [1.165, 1.54) is 9.88 Å². The molecule has 0 atom stereocenters. The Morgan fingerprint density at radius 1 is 1.42 bits per heavy atom. The molecule has 1 heterocycles. The van der Waals surface area contributed by atoms with Crippen LogP contribution in [0.5, 0.6) is 0 Å². The molecule has 2 rings (SSSR count). The van der Waals surface area contributed by atoms with E-state index < -0.39 is 0 Å². The number of amides is 1. The predicted octanol–water partition coefficient (Wildman–Crippen LogP) is 2.06. The molecule has 0 bridgehead atoms. The van der Waals surface area contributed by atoms with Crippen LogP contribution >= 0.6 is 11.3 Å². The van der Waals surface area contributed by atoms with Crippen molar-refractivity contribution >= 4 is 17.2 Å². The summed E-state index contributed by atoms with van der Waals surface area (Å²) in [7, 11) is 0. The van der Waals surface area contributed by atoms with Gasteiger partial charge in [0.1, 0.15) is 0 Å². The smallest absolute Gasteiger partial charge is 0.223 e. The van der Waals surface area contributed by atoms with E-state index in [2.05, 4.69) is 36.4 Å². The lowest BCUT2D eigenvalue weighted by molar-refractivity contribution is -0.122. The fraction of sp³-hybridized carbons (Fsp3) is 0.714. The number of carbonyl (C=O) groups excluding carboxylic acids is 1. The summed E-state index contributed by atoms with van der Waals surface area (Å²) in [5.41, 5.74) is 0.126. The van der Waals surface area contributed by atoms with Crippen molar-refractivity contribution in [1.82, 2.24) is 15.6 Å². The lowest BCUT2D eigenvalue weighted by Crippen LogP contribution is -2.32. The van der Waals surface area contributed by atoms with Gasteiger partial charge in [-0.3, -0.25) is 4.79 Å². The maximum atomic E-state index is 11.4. The van der Waals surface area contributed by atoms with Gasteiger partial charge in [-0.15, -0.1) is 11.3 Å². The van der Waals surface area contributed by atoms with Crippen LogP contribution in [-0.4, -0.2) is 24.0 Å². The summed E-state index contributed by atoms with van der Waals surface area (Å²) in [5.74, 6) is 0.519. The first kappa shape index (κ1) is 14.5. The van der Waals surface area contributed by atoms with Crippen molar-refractivity contribution in [2.75, 3.05) is 13.1 Å². The minimum atomic E-state index is 0.126. The zero-order valence-electron chi connectivity index (χ0n) is 12.0. The van der Waals surface area contributed by atoms with E-state index in [1.807, 2.05) is 6.20 Å². The highest BCUT2D eigenvalue weighted by molar-refractivity contribution is 7.11. The number of rotatable bonds is 6. The molecule has 0 saturated heterocycles. The first-order valence-electron chi connectivity index (χ1n) is 6.90. The predicted molar refractivity (Wildman–Crippen MR) is 78.3 cm³/mol. The number of aromatic nitrogens is 1. The Hall–Kier alpha value is -0.940. The summed E-state index contributed by atoms with van der Waals surface area (Å²) in [5, 5.41) is 7.46. The molecule has 0 unspecified atom stereocenters. The van der Waals surface area contributed by atoms with Crippen LogP contribution in [0.15, 0.2) is 6.20 Å². The minimum absolute atomic E-state index is 0.126. The largest absolute Gasteiger partial charge is 0.355 e. The quantitative estimate of drug-likeness (QED) is 0.785. The molecule has 4 nitrogen and oxygen atoms in total. The molecule has 2 N–H and O–H groups in total. The molecule has 106 valence electrons. The van der Waals surface area contributed by atoms with E-state index >= 15 is 0 Å². The van der Waals surface area contributed by atoms with Gasteiger partial charge in [-0.2, -0.15) is 0 Å². The van der Waals surface area contributed by atoms with E-state index in [4.69, 9.17) is 0 Å². The molecule has 1 amide bonds. The van der Waals surface area contributed by atoms with Crippen molar-refractivity contribution in [3.63, 3.8) is 0 Å². The lowest BCUT2D eigenvalue weighted by atomic mass is 9.98. The molecule has 1 saturated carbocycles. The van der Waals surface area contributed by atoms with Crippen molar-refractivity contribution in [3.8, 4) is 0 Å². The molecule has 1 fully saturated rings. The van der Waals surface area contributed by atoms with Crippen LogP contribution in [-0.2, 0) is 16.8 Å². The van der Waals surface area contributed by atoms with E-state index in [0.29, 0.717) is 12.5 Å². The Balaban J connectivity index is 1.62. The monoisotopic (exact) mass is 281 g/mol. The van der Waals surface area contributed by atoms with Crippen LogP contribution in [0, 0.1) is 5.92 Å². The topological polar surface area (TPSA) is 54.0 Å². The fourth-order valence-corrected chi connectivity index (χ4v) is 2.65. The van der Waals surface area contributed by atoms with Crippen molar-refractivity contribution in [3.05, 3.63) is 16.1 Å². The second kappa shape index (κ2) is 6.01. The van der Waals surface area contributed by atoms with Crippen LogP contribution in [0.25, 0.3) is 0 Å². The molecule has 0 radical (unpaired) electrons. The van der Waals surface area contributed by atoms with Gasteiger partial charge >= 0.3 is 0 Å². The van der Waals surface area contributed by atoms with Gasteiger partial charge in [-0.25, -0.2) is 4.98 Å². The zero-order chi connectivity index (χ0) is 13.9. The Labute approximate surface area is 119 Å². The number of carbonyl (C=O) groups is 1. The molecular formula is C14H23N3OS. The van der Waals surface area contributed by atoms with Crippen LogP contribution in [0.1, 0.15) is 43.5 Å². The van der Waals surface area contributed by atoms with Crippen molar-refractivity contribution in [2.45, 2.75) is 45.6 Å². The van der Waals surface area contributed by atoms with Gasteiger partial charge in [0.15, 0.2) is 0 Å². The van der Waals surface area contributed by atoms with E-state index in [9.17, 15) is 4.79 Å². The standard InChI is InChI=1S/C14H23N3OS/c1-14(2,3)13-17-9-11(19-13)8-15-6-7-16-12(18)10-4-5-10/h9-10,15H,4-8H2,1-3H3,(H,16,18). The summed E-state index contributed by atoms with van der Waals surface area (Å²) >= 11 is 1.76. The average molecular weight is 281 g/mol. The van der Waals surface area contributed by atoms with Gasteiger partial charge in [0.05, 0.1) is 5.01 Å². The average Bonchev–Trinajstić information content (AvgIpc) is 3.06. The summed E-state index contributed by atoms with van der Waals surface area (Å²) in [6.07, 6.45) is 4.08. The molecule has 1 aromatic heterocycles. The summed E-state index contributed by atoms with van der Waals surface area (Å²) < 4.78 is 0. The number of nitrogens with zero attached hydrogens (tertiary/aromatic N) is 1. The second-order valence-corrected chi connectivity index (χ2v) is 7.24. The number of hydrogen-bond donors (Lipinski definition) is 2. The maximum Gasteiger partial charge on any atom is 0.223 e. The van der Waals surface area contributed by atoms with Gasteiger partial charge in [0, 0.05) is 42.0 Å². The molecular weight excluding hydrogens is 258 g/mol. The summed E-state index contributed by atoms with van der Waals surface area (Å²) in [6.45, 7) is 8.87. The lowest BCUT2D eigenvalue weighted by Gasteiger charge is -2.13. The molecule has 1 aromatic rings. The number of nitrogens with one attached hydrogen (secondary N) is 2. The van der Waals surface area contributed by atoms with E-state index in [-0.39, 0.29) is 11.3 Å². The van der Waals surface area contributed by atoms with E-state index in [1.54, 1.807) is 11.3 Å². The van der Waals surface area contributed by atoms with Crippen LogP contribution in [0.4, 0.5) is 0 Å². The third-order valence-corrected chi connectivity index (χ3v) is 4.47. The maximum absolute atomic E-state index is 11.4. The van der Waals surface area contributed by atoms with Crippen LogP contribution in [0.2, 0.25) is 0 Å². The van der Waals surface area contributed by atoms with Gasteiger partial charge in [0.25, 0.3) is 0 Å². The zero-order valence-corrected chi connectivity index (χ0v) is 12.8. The third-order valence-electron chi connectivity index (χ3n) is 3.04. The van der Waals surface area contributed by atoms with Crippen LogP contribution in [0.3, 0.4) is 0 Å². The Morgan fingerprint density at radius 2 is 2.16 bits per heavy atom. The third kappa shape index (κ3) is 4.58. The van der Waals surface area contributed by atoms with Crippen molar-refractivity contribution < 1.29 is 4.79 Å². The second-order valence-electron chi connectivity index (χ2n) is 6.12. The fourth-order valence-electron chi connectivity index (χ4n) is 1.71. The molecule has 1 aliphatic rings. The summed E-state index contributed by atoms with van der Waals surface area (Å²) in [4.78, 5) is 17.1. The van der Waals surface area contributed by atoms with Crippen LogP contribution < -0.4 is 10.6 Å². The van der Waals surface area contributed by atoms with E-state index in [0.717, 1.165) is 25.9 Å². The molecule has 0 aliphatic heterocycles. The first-order chi connectivity index (χ1) is 8.97. The first-order valence-corrected chi connectivity index (χ1v) is 7.72. The van der Waals surface area contributed by atoms with Crippen molar-refractivity contribution in [2.24, 2.45) is 5.92 Å². The molecule has 5 heteroatoms. The number of thiazole rings is 1. The highest BCUT2D eigenvalue weighted by Crippen LogP contribution is 2.28. The molecule has 0 aromatic carbocycles. The molecule has 0 spiro atoms. The SMILES string of the molecule is CC(C)(C)c1ncc(CNCCNC(=O)C2CC2)s1. The normalized spacial score (nSPS) is 15.5. The Bertz CT molecular complexity index is 432. The highest BCUT2D eigenvalue weighted by Gasteiger charge is 2.28. The van der Waals surface area contributed by atoms with Gasteiger partial charge < -0.3 is 10.6 Å². The molecule has 1 aliphatic carbocycles. The van der Waals surface area contributed by atoms with Gasteiger partial charge in [-0.05, 0) is 12.8 Å². The van der Waals surface area contributed by atoms with Crippen molar-refractivity contribution in [1.29, 1.82) is 0 Å². The minimum Gasteiger partial charge on any atom is -0.355 e. The number of hydrogen-bond acceptors (Lipinski definition) is 4. The van der Waals surface area contributed by atoms with Gasteiger partial charge in [0.2, 0.25) is 5.91 Å². The summed E-state index contributed by atoms with van der Waals surface area (Å²) in [6, 6.07) is 0. The van der Waals surface area contributed by atoms with Gasteiger partial charge in [-0.1, -0.05) is 20.8 Å². The Kier molecular flexibility index (Phi) is 4.58. The Morgan fingerprint density at radius 3 is 2.74 bits per heavy atom. The highest BCUT2D eigenvalue weighted by atomic mass is 32.1. The molecule has 19 heavy (non-hydrogen) atoms.